The Balaban J connectivity index is 1.74. The van der Waals surface area contributed by atoms with Crippen molar-refractivity contribution in [2.24, 2.45) is 10.1 Å². The van der Waals surface area contributed by atoms with Crippen LogP contribution in [0.1, 0.15) is 43.4 Å². The van der Waals surface area contributed by atoms with Gasteiger partial charge in [0.25, 0.3) is 0 Å². The van der Waals surface area contributed by atoms with Gasteiger partial charge in [-0.1, -0.05) is 43.6 Å². The number of aromatic nitrogens is 3. The number of rotatable bonds is 6. The van der Waals surface area contributed by atoms with E-state index in [4.69, 9.17) is 21.9 Å². The van der Waals surface area contributed by atoms with Gasteiger partial charge < -0.3 is 4.90 Å². The SMILES string of the molecule is CC(C)c1nc2n(n1)N=C(c1ccccc1Cl)C2=Nc1ccc(N(C)CCC#N)cc1. The number of nitrogens with zero attached hydrogens (tertiary/aromatic N) is 7. The molecule has 8 heteroatoms. The van der Waals surface area contributed by atoms with E-state index in [-0.39, 0.29) is 5.92 Å². The number of halogens is 1. The molecule has 156 valence electrons. The lowest BCUT2D eigenvalue weighted by Gasteiger charge is -2.17. The summed E-state index contributed by atoms with van der Waals surface area (Å²) < 4.78 is 0. The molecule has 0 N–H and O–H groups in total. The van der Waals surface area contributed by atoms with Crippen LogP contribution in [0.3, 0.4) is 0 Å². The van der Waals surface area contributed by atoms with E-state index < -0.39 is 0 Å². The minimum Gasteiger partial charge on any atom is -0.374 e. The number of nitriles is 1. The number of aliphatic imine (C=N–C) groups is 1. The highest BCUT2D eigenvalue weighted by Crippen LogP contribution is 2.26. The molecular formula is C23H22ClN7. The fourth-order valence-electron chi connectivity index (χ4n) is 3.23. The van der Waals surface area contributed by atoms with Gasteiger partial charge in [-0.25, -0.2) is 9.98 Å². The van der Waals surface area contributed by atoms with Crippen molar-refractivity contribution in [2.45, 2.75) is 26.2 Å². The van der Waals surface area contributed by atoms with Gasteiger partial charge in [-0.3, -0.25) is 0 Å². The van der Waals surface area contributed by atoms with Crippen LogP contribution in [0.2, 0.25) is 5.02 Å². The summed E-state index contributed by atoms with van der Waals surface area (Å²) in [6.45, 7) is 4.76. The number of fused-ring (bicyclic) bond motifs is 1. The molecule has 31 heavy (non-hydrogen) atoms. The molecule has 0 saturated carbocycles. The quantitative estimate of drug-likeness (QED) is 0.561. The average molecular weight is 432 g/mol. The predicted molar refractivity (Wildman–Crippen MR) is 124 cm³/mol. The first-order valence-corrected chi connectivity index (χ1v) is 10.4. The summed E-state index contributed by atoms with van der Waals surface area (Å²) in [6.07, 6.45) is 0.478. The van der Waals surface area contributed by atoms with Crippen LogP contribution in [0.25, 0.3) is 0 Å². The van der Waals surface area contributed by atoms with Crippen molar-refractivity contribution in [3.05, 3.63) is 70.8 Å². The van der Waals surface area contributed by atoms with Gasteiger partial charge in [0.1, 0.15) is 11.4 Å². The zero-order valence-electron chi connectivity index (χ0n) is 17.6. The lowest BCUT2D eigenvalue weighted by atomic mass is 10.1. The van der Waals surface area contributed by atoms with Crippen LogP contribution in [0.5, 0.6) is 0 Å². The molecular weight excluding hydrogens is 410 g/mol. The molecule has 0 spiro atoms. The maximum atomic E-state index is 8.79. The van der Waals surface area contributed by atoms with Gasteiger partial charge in [-0.15, -0.1) is 15.0 Å². The third-order valence-electron chi connectivity index (χ3n) is 4.97. The molecule has 4 rings (SSSR count). The van der Waals surface area contributed by atoms with E-state index in [1.54, 1.807) is 0 Å². The molecule has 1 aromatic heterocycles. The number of hydrogen-bond donors (Lipinski definition) is 0. The Kier molecular flexibility index (Phi) is 5.83. The van der Waals surface area contributed by atoms with E-state index in [2.05, 4.69) is 21.3 Å². The molecule has 0 amide bonds. The molecule has 3 aromatic rings. The summed E-state index contributed by atoms with van der Waals surface area (Å²) >= 11 is 6.45. The fourth-order valence-corrected chi connectivity index (χ4v) is 3.45. The van der Waals surface area contributed by atoms with E-state index in [9.17, 15) is 0 Å². The summed E-state index contributed by atoms with van der Waals surface area (Å²) in [5.41, 5.74) is 3.86. The van der Waals surface area contributed by atoms with Crippen LogP contribution in [-0.4, -0.2) is 39.9 Å². The normalized spacial score (nSPS) is 13.9. The zero-order chi connectivity index (χ0) is 22.0. The molecule has 0 aliphatic carbocycles. The van der Waals surface area contributed by atoms with Crippen LogP contribution >= 0.6 is 11.6 Å². The first-order valence-electron chi connectivity index (χ1n) is 10.1. The van der Waals surface area contributed by atoms with Crippen molar-refractivity contribution in [2.75, 3.05) is 18.5 Å². The Morgan fingerprint density at radius 3 is 2.58 bits per heavy atom. The number of hydrogen-bond acceptors (Lipinski definition) is 6. The van der Waals surface area contributed by atoms with Crippen LogP contribution in [0, 0.1) is 11.3 Å². The lowest BCUT2D eigenvalue weighted by Crippen LogP contribution is -2.17. The van der Waals surface area contributed by atoms with E-state index in [1.165, 1.54) is 4.79 Å². The van der Waals surface area contributed by atoms with Crippen LogP contribution in [0.15, 0.2) is 58.6 Å². The van der Waals surface area contributed by atoms with Gasteiger partial charge in [-0.2, -0.15) is 5.26 Å². The zero-order valence-corrected chi connectivity index (χ0v) is 18.4. The Morgan fingerprint density at radius 1 is 1.16 bits per heavy atom. The first kappa shape index (κ1) is 20.8. The maximum Gasteiger partial charge on any atom is 0.204 e. The highest BCUT2D eigenvalue weighted by atomic mass is 35.5. The summed E-state index contributed by atoms with van der Waals surface area (Å²) in [5.74, 6) is 1.51. The number of anilines is 1. The molecule has 2 aromatic carbocycles. The minimum atomic E-state index is 0.182. The Labute approximate surface area is 186 Å². The van der Waals surface area contributed by atoms with Crippen molar-refractivity contribution in [3.63, 3.8) is 0 Å². The van der Waals surface area contributed by atoms with E-state index in [1.807, 2.05) is 74.3 Å². The maximum absolute atomic E-state index is 8.79. The molecule has 7 nitrogen and oxygen atoms in total. The molecule has 0 atom stereocenters. The molecule has 0 bridgehead atoms. The fraction of sp³-hybridized carbons (Fsp3) is 0.261. The average Bonchev–Trinajstić information content (AvgIpc) is 3.32. The topological polar surface area (TPSA) is 82.5 Å². The van der Waals surface area contributed by atoms with Crippen molar-refractivity contribution < 1.29 is 0 Å². The summed E-state index contributed by atoms with van der Waals surface area (Å²) in [4.78, 5) is 13.1. The van der Waals surface area contributed by atoms with Crippen molar-refractivity contribution in [1.82, 2.24) is 14.9 Å². The van der Waals surface area contributed by atoms with Crippen LogP contribution in [0.4, 0.5) is 11.4 Å². The van der Waals surface area contributed by atoms with Gasteiger partial charge >= 0.3 is 0 Å². The molecule has 1 aliphatic rings. The summed E-state index contributed by atoms with van der Waals surface area (Å²) in [7, 11) is 1.97. The highest BCUT2D eigenvalue weighted by molar-refractivity contribution is 6.56. The smallest absolute Gasteiger partial charge is 0.204 e. The minimum absolute atomic E-state index is 0.182. The second-order valence-corrected chi connectivity index (χ2v) is 7.98. The van der Waals surface area contributed by atoms with Gasteiger partial charge in [-0.05, 0) is 30.3 Å². The van der Waals surface area contributed by atoms with Gasteiger partial charge in [0.15, 0.2) is 5.82 Å². The Bertz CT molecular complexity index is 1200. The number of benzene rings is 2. The van der Waals surface area contributed by atoms with Crippen molar-refractivity contribution in [3.8, 4) is 6.07 Å². The first-order chi connectivity index (χ1) is 15.0. The molecule has 0 fully saturated rings. The predicted octanol–water partition coefficient (Wildman–Crippen LogP) is 4.79. The van der Waals surface area contributed by atoms with Gasteiger partial charge in [0.05, 0.1) is 23.2 Å². The third kappa shape index (κ3) is 4.21. The van der Waals surface area contributed by atoms with E-state index in [0.717, 1.165) is 22.8 Å². The molecule has 0 saturated heterocycles. The van der Waals surface area contributed by atoms with Crippen LogP contribution in [-0.2, 0) is 0 Å². The van der Waals surface area contributed by atoms with Crippen molar-refractivity contribution in [1.29, 1.82) is 5.26 Å². The third-order valence-corrected chi connectivity index (χ3v) is 5.30. The highest BCUT2D eigenvalue weighted by Gasteiger charge is 2.30. The molecule has 2 heterocycles. The van der Waals surface area contributed by atoms with Crippen molar-refractivity contribution >= 4 is 34.4 Å². The standard InChI is InChI=1S/C23H22ClN7/c1-15(2)22-27-23-21(20(28-31(23)29-22)18-7-4-5-8-19(18)24)26-16-9-11-17(12-10-16)30(3)14-6-13-25/h4-5,7-12,15H,6,14H2,1-3H3. The van der Waals surface area contributed by atoms with Crippen LogP contribution < -0.4 is 4.90 Å². The van der Waals surface area contributed by atoms with E-state index >= 15 is 0 Å². The van der Waals surface area contributed by atoms with E-state index in [0.29, 0.717) is 35.2 Å². The second-order valence-electron chi connectivity index (χ2n) is 7.57. The summed E-state index contributed by atoms with van der Waals surface area (Å²) in [6, 6.07) is 17.6. The molecule has 1 aliphatic heterocycles. The second kappa shape index (κ2) is 8.70. The largest absolute Gasteiger partial charge is 0.374 e. The Hall–Kier alpha value is -3.50. The van der Waals surface area contributed by atoms with Gasteiger partial charge in [0, 0.05) is 30.8 Å². The molecule has 0 radical (unpaired) electrons. The Morgan fingerprint density at radius 2 is 1.90 bits per heavy atom. The van der Waals surface area contributed by atoms with Gasteiger partial charge in [0.2, 0.25) is 5.82 Å². The summed E-state index contributed by atoms with van der Waals surface area (Å²) in [5, 5.41) is 18.6. The lowest BCUT2D eigenvalue weighted by molar-refractivity contribution is 0.698. The molecule has 0 unspecified atom stereocenters. The monoisotopic (exact) mass is 431 g/mol.